The lowest BCUT2D eigenvalue weighted by molar-refractivity contribution is 0.276. The van der Waals surface area contributed by atoms with Crippen molar-refractivity contribution < 1.29 is 9.84 Å². The molecule has 0 aliphatic rings. The molecule has 0 bridgehead atoms. The van der Waals surface area contributed by atoms with E-state index in [9.17, 15) is 0 Å². The minimum Gasteiger partial charge on any atom is -0.457 e. The van der Waals surface area contributed by atoms with Gasteiger partial charge in [-0.2, -0.15) is 0 Å². The largest absolute Gasteiger partial charge is 0.457 e. The summed E-state index contributed by atoms with van der Waals surface area (Å²) in [6, 6.07) is 23.1. The van der Waals surface area contributed by atoms with Crippen molar-refractivity contribution >= 4 is 5.69 Å². The fourth-order valence-corrected chi connectivity index (χ4v) is 2.20. The number of benzene rings is 2. The Labute approximate surface area is 135 Å². The van der Waals surface area contributed by atoms with E-state index in [4.69, 9.17) is 9.84 Å². The number of hydrogen-bond donors (Lipinski definition) is 2. The van der Waals surface area contributed by atoms with Crippen molar-refractivity contribution in [2.75, 3.05) is 5.32 Å². The lowest BCUT2D eigenvalue weighted by Gasteiger charge is -2.10. The monoisotopic (exact) mass is 306 g/mol. The van der Waals surface area contributed by atoms with Crippen LogP contribution >= 0.6 is 0 Å². The Hall–Kier alpha value is -2.85. The van der Waals surface area contributed by atoms with Crippen molar-refractivity contribution in [3.8, 4) is 11.5 Å². The molecule has 2 aromatic carbocycles. The Kier molecular flexibility index (Phi) is 4.86. The number of rotatable bonds is 6. The molecule has 4 nitrogen and oxygen atoms in total. The number of aliphatic hydroxyl groups excluding tert-OH is 1. The normalized spacial score (nSPS) is 10.3. The Morgan fingerprint density at radius 2 is 1.57 bits per heavy atom. The number of hydrogen-bond acceptors (Lipinski definition) is 4. The van der Waals surface area contributed by atoms with Gasteiger partial charge in [0.05, 0.1) is 24.5 Å². The molecule has 0 aliphatic heterocycles. The van der Waals surface area contributed by atoms with Gasteiger partial charge in [0.25, 0.3) is 0 Å². The van der Waals surface area contributed by atoms with Gasteiger partial charge in [0, 0.05) is 11.8 Å². The molecule has 4 heteroatoms. The molecule has 1 aromatic heterocycles. The number of aromatic nitrogens is 1. The summed E-state index contributed by atoms with van der Waals surface area (Å²) in [4.78, 5) is 4.35. The maximum Gasteiger partial charge on any atom is 0.129 e. The summed E-state index contributed by atoms with van der Waals surface area (Å²) in [6.45, 7) is 0.539. The SMILES string of the molecule is OCc1cccc(CNc2cccc(Oc3ccccc3)c2)n1. The van der Waals surface area contributed by atoms with Crippen LogP contribution < -0.4 is 10.1 Å². The number of nitrogens with one attached hydrogen (secondary N) is 1. The van der Waals surface area contributed by atoms with E-state index in [0.29, 0.717) is 12.2 Å². The standard InChI is InChI=1S/C19H18N2O2/c22-14-17-8-4-7-16(21-17)13-20-15-6-5-11-19(12-15)23-18-9-2-1-3-10-18/h1-12,20,22H,13-14H2. The molecule has 0 fully saturated rings. The Morgan fingerprint density at radius 3 is 2.39 bits per heavy atom. The van der Waals surface area contributed by atoms with Gasteiger partial charge in [0.1, 0.15) is 11.5 Å². The molecule has 3 rings (SSSR count). The minimum absolute atomic E-state index is 0.0474. The van der Waals surface area contributed by atoms with Crippen LogP contribution in [0.1, 0.15) is 11.4 Å². The van der Waals surface area contributed by atoms with Gasteiger partial charge in [-0.25, -0.2) is 0 Å². The fraction of sp³-hybridized carbons (Fsp3) is 0.105. The molecule has 0 unspecified atom stereocenters. The van der Waals surface area contributed by atoms with Crippen LogP contribution in [0.5, 0.6) is 11.5 Å². The van der Waals surface area contributed by atoms with Gasteiger partial charge in [-0.1, -0.05) is 30.3 Å². The third-order valence-electron chi connectivity index (χ3n) is 3.31. The summed E-state index contributed by atoms with van der Waals surface area (Å²) in [5, 5.41) is 12.4. The highest BCUT2D eigenvalue weighted by molar-refractivity contribution is 5.49. The van der Waals surface area contributed by atoms with Crippen molar-refractivity contribution in [2.45, 2.75) is 13.2 Å². The molecule has 0 saturated carbocycles. The van der Waals surface area contributed by atoms with Crippen LogP contribution in [-0.2, 0) is 13.2 Å². The van der Waals surface area contributed by atoms with Gasteiger partial charge in [-0.3, -0.25) is 4.98 Å². The molecule has 0 radical (unpaired) electrons. The topological polar surface area (TPSA) is 54.4 Å². The maximum atomic E-state index is 9.12. The van der Waals surface area contributed by atoms with E-state index >= 15 is 0 Å². The van der Waals surface area contributed by atoms with E-state index in [0.717, 1.165) is 22.9 Å². The molecular weight excluding hydrogens is 288 g/mol. The molecule has 1 heterocycles. The predicted octanol–water partition coefficient (Wildman–Crippen LogP) is 3.98. The van der Waals surface area contributed by atoms with Gasteiger partial charge >= 0.3 is 0 Å². The molecule has 0 atom stereocenters. The number of aliphatic hydroxyl groups is 1. The van der Waals surface area contributed by atoms with Crippen molar-refractivity contribution in [1.29, 1.82) is 0 Å². The number of ether oxygens (including phenoxy) is 1. The van der Waals surface area contributed by atoms with Crippen LogP contribution in [0.4, 0.5) is 5.69 Å². The predicted molar refractivity (Wildman–Crippen MR) is 90.4 cm³/mol. The lowest BCUT2D eigenvalue weighted by Crippen LogP contribution is -2.03. The van der Waals surface area contributed by atoms with Crippen LogP contribution in [0.2, 0.25) is 0 Å². The van der Waals surface area contributed by atoms with Crippen molar-refractivity contribution in [1.82, 2.24) is 4.98 Å². The van der Waals surface area contributed by atoms with Crippen LogP contribution in [0.15, 0.2) is 72.8 Å². The Balaban J connectivity index is 1.65. The van der Waals surface area contributed by atoms with E-state index in [2.05, 4.69) is 10.3 Å². The summed E-state index contributed by atoms with van der Waals surface area (Å²) in [5.74, 6) is 1.58. The molecule has 116 valence electrons. The van der Waals surface area contributed by atoms with Gasteiger partial charge in [0.15, 0.2) is 0 Å². The smallest absolute Gasteiger partial charge is 0.129 e. The maximum absolute atomic E-state index is 9.12. The molecule has 23 heavy (non-hydrogen) atoms. The molecule has 0 spiro atoms. The van der Waals surface area contributed by atoms with Gasteiger partial charge < -0.3 is 15.2 Å². The van der Waals surface area contributed by atoms with Crippen LogP contribution in [0.3, 0.4) is 0 Å². The summed E-state index contributed by atoms with van der Waals surface area (Å²) >= 11 is 0. The number of para-hydroxylation sites is 1. The zero-order valence-corrected chi connectivity index (χ0v) is 12.6. The van der Waals surface area contributed by atoms with Crippen LogP contribution in [0, 0.1) is 0 Å². The first kappa shape index (κ1) is 15.1. The minimum atomic E-state index is -0.0474. The summed E-state index contributed by atoms with van der Waals surface area (Å²) in [7, 11) is 0. The Morgan fingerprint density at radius 1 is 0.826 bits per heavy atom. The summed E-state index contributed by atoms with van der Waals surface area (Å²) < 4.78 is 5.82. The van der Waals surface area contributed by atoms with E-state index < -0.39 is 0 Å². The van der Waals surface area contributed by atoms with Gasteiger partial charge in [-0.15, -0.1) is 0 Å². The fourth-order valence-electron chi connectivity index (χ4n) is 2.20. The summed E-state index contributed by atoms with van der Waals surface area (Å²) in [6.07, 6.45) is 0. The molecule has 0 amide bonds. The Bertz CT molecular complexity index is 760. The second-order valence-corrected chi connectivity index (χ2v) is 5.07. The van der Waals surface area contributed by atoms with E-state index in [1.807, 2.05) is 66.7 Å². The third kappa shape index (κ3) is 4.31. The van der Waals surface area contributed by atoms with E-state index in [1.54, 1.807) is 6.07 Å². The third-order valence-corrected chi connectivity index (χ3v) is 3.31. The average Bonchev–Trinajstić information content (AvgIpc) is 2.61. The first-order chi connectivity index (χ1) is 11.3. The summed E-state index contributed by atoms with van der Waals surface area (Å²) in [5.41, 5.74) is 2.51. The van der Waals surface area contributed by atoms with Crippen molar-refractivity contribution in [3.05, 3.63) is 84.2 Å². The highest BCUT2D eigenvalue weighted by atomic mass is 16.5. The number of anilines is 1. The lowest BCUT2D eigenvalue weighted by atomic mass is 10.2. The molecule has 0 aliphatic carbocycles. The van der Waals surface area contributed by atoms with Crippen LogP contribution in [0.25, 0.3) is 0 Å². The average molecular weight is 306 g/mol. The second-order valence-electron chi connectivity index (χ2n) is 5.07. The zero-order chi connectivity index (χ0) is 15.9. The van der Waals surface area contributed by atoms with E-state index in [-0.39, 0.29) is 6.61 Å². The number of pyridine rings is 1. The highest BCUT2D eigenvalue weighted by Crippen LogP contribution is 2.24. The van der Waals surface area contributed by atoms with E-state index in [1.165, 1.54) is 0 Å². The molecule has 0 saturated heterocycles. The van der Waals surface area contributed by atoms with Gasteiger partial charge in [-0.05, 0) is 36.4 Å². The highest BCUT2D eigenvalue weighted by Gasteiger charge is 2.01. The molecule has 3 aromatic rings. The first-order valence-electron chi connectivity index (χ1n) is 7.46. The first-order valence-corrected chi connectivity index (χ1v) is 7.46. The quantitative estimate of drug-likeness (QED) is 0.723. The second kappa shape index (κ2) is 7.42. The zero-order valence-electron chi connectivity index (χ0n) is 12.6. The molecular formula is C19H18N2O2. The number of nitrogens with zero attached hydrogens (tertiary/aromatic N) is 1. The van der Waals surface area contributed by atoms with Crippen LogP contribution in [-0.4, -0.2) is 10.1 Å². The molecule has 2 N–H and O–H groups in total. The van der Waals surface area contributed by atoms with Gasteiger partial charge in [0.2, 0.25) is 0 Å². The van der Waals surface area contributed by atoms with Crippen molar-refractivity contribution in [2.24, 2.45) is 0 Å². The van der Waals surface area contributed by atoms with Crippen molar-refractivity contribution in [3.63, 3.8) is 0 Å².